The number of rotatable bonds is 5. The Hall–Kier alpha value is -2.70. The van der Waals surface area contributed by atoms with Crippen molar-refractivity contribution in [1.29, 1.82) is 0 Å². The minimum Gasteiger partial charge on any atom is -0.476 e. The molecule has 4 aromatic rings. The topological polar surface area (TPSA) is 68.5 Å². The number of anilines is 1. The molecule has 0 aliphatic rings. The fourth-order valence-electron chi connectivity index (χ4n) is 3.00. The summed E-state index contributed by atoms with van der Waals surface area (Å²) < 4.78 is 11.6. The quantitative estimate of drug-likeness (QED) is 0.312. The smallest absolute Gasteiger partial charge is 0.262 e. The molecule has 5 nitrogen and oxygen atoms in total. The van der Waals surface area contributed by atoms with E-state index in [1.165, 1.54) is 6.07 Å². The number of fused-ring (bicyclic) bond motifs is 1. The summed E-state index contributed by atoms with van der Waals surface area (Å²) in [6.45, 7) is -0.472. The number of hydrogen-bond acceptors (Lipinski definition) is 4. The summed E-state index contributed by atoms with van der Waals surface area (Å²) in [6.07, 6.45) is 0. The molecule has 0 unspecified atom stereocenters. The maximum atomic E-state index is 13.2. The van der Waals surface area contributed by atoms with Gasteiger partial charge in [-0.15, -0.1) is 0 Å². The molecule has 4 rings (SSSR count). The van der Waals surface area contributed by atoms with Crippen molar-refractivity contribution in [2.75, 3.05) is 11.9 Å². The highest BCUT2D eigenvalue weighted by Crippen LogP contribution is 2.33. The first-order valence-corrected chi connectivity index (χ1v) is 10.7. The Labute approximate surface area is 202 Å². The summed E-state index contributed by atoms with van der Waals surface area (Å²) >= 11 is 24.1. The minimum absolute atomic E-state index is 0.130. The summed E-state index contributed by atoms with van der Waals surface area (Å²) in [5.74, 6) is -0.508. The van der Waals surface area contributed by atoms with Gasteiger partial charge in [0.2, 0.25) is 11.2 Å². The van der Waals surface area contributed by atoms with Crippen LogP contribution in [-0.2, 0) is 4.79 Å². The third kappa shape index (κ3) is 4.71. The number of nitrogens with one attached hydrogen (secondary N) is 1. The monoisotopic (exact) mass is 507 g/mol. The van der Waals surface area contributed by atoms with E-state index in [0.717, 1.165) is 0 Å². The number of ether oxygens (including phenoxy) is 1. The van der Waals surface area contributed by atoms with Crippen molar-refractivity contribution < 1.29 is 13.9 Å². The van der Waals surface area contributed by atoms with Crippen molar-refractivity contribution in [3.05, 3.63) is 91.0 Å². The van der Waals surface area contributed by atoms with Crippen LogP contribution in [-0.4, -0.2) is 12.5 Å². The molecule has 0 atom stereocenters. The van der Waals surface area contributed by atoms with Crippen LogP contribution >= 0.6 is 46.4 Å². The van der Waals surface area contributed by atoms with Crippen LogP contribution in [0.15, 0.2) is 69.9 Å². The van der Waals surface area contributed by atoms with Crippen molar-refractivity contribution in [2.24, 2.45) is 0 Å². The fraction of sp³-hybridized carbons (Fsp3) is 0.0435. The highest BCUT2D eigenvalue weighted by Gasteiger charge is 2.19. The highest BCUT2D eigenvalue weighted by molar-refractivity contribution is 6.44. The Bertz CT molecular complexity index is 1380. The summed E-state index contributed by atoms with van der Waals surface area (Å²) in [4.78, 5) is 25.6. The second-order valence-corrected chi connectivity index (χ2v) is 8.33. The molecule has 0 aliphatic heterocycles. The predicted molar refractivity (Wildman–Crippen MR) is 129 cm³/mol. The lowest BCUT2D eigenvalue weighted by Crippen LogP contribution is -2.22. The molecule has 1 aromatic heterocycles. The number of carbonyl (C=O) groups excluding carboxylic acids is 1. The molecule has 0 radical (unpaired) electrons. The van der Waals surface area contributed by atoms with E-state index in [0.29, 0.717) is 31.9 Å². The summed E-state index contributed by atoms with van der Waals surface area (Å²) in [5.41, 5.74) is 0.735. The van der Waals surface area contributed by atoms with Gasteiger partial charge in [0.1, 0.15) is 5.58 Å². The van der Waals surface area contributed by atoms with Crippen molar-refractivity contribution in [1.82, 2.24) is 0 Å². The molecule has 0 bridgehead atoms. The van der Waals surface area contributed by atoms with Gasteiger partial charge >= 0.3 is 0 Å². The standard InChI is InChI=1S/C23H13Cl4NO4/c24-13-6-4-12(5-7-13)22-23(21(30)15-10-14(25)8-9-18(15)32-22)31-11-19(29)28-17-3-1-2-16(26)20(17)27/h1-10H,11H2,(H,28,29). The largest absolute Gasteiger partial charge is 0.476 e. The van der Waals surface area contributed by atoms with Gasteiger partial charge < -0.3 is 14.5 Å². The van der Waals surface area contributed by atoms with Gasteiger partial charge in [0.15, 0.2) is 12.4 Å². The minimum atomic E-state index is -0.540. The summed E-state index contributed by atoms with van der Waals surface area (Å²) in [6, 6.07) is 16.2. The van der Waals surface area contributed by atoms with Crippen LogP contribution in [0.5, 0.6) is 5.75 Å². The molecule has 1 heterocycles. The number of hydrogen-bond donors (Lipinski definition) is 1. The number of amides is 1. The second kappa shape index (κ2) is 9.43. The van der Waals surface area contributed by atoms with Crippen molar-refractivity contribution in [2.45, 2.75) is 0 Å². The van der Waals surface area contributed by atoms with Gasteiger partial charge in [-0.1, -0.05) is 52.5 Å². The second-order valence-electron chi connectivity index (χ2n) is 6.68. The SMILES string of the molecule is O=C(COc1c(-c2ccc(Cl)cc2)oc2ccc(Cl)cc2c1=O)Nc1cccc(Cl)c1Cl. The van der Waals surface area contributed by atoms with Crippen LogP contribution in [0.25, 0.3) is 22.3 Å². The van der Waals surface area contributed by atoms with Crippen LogP contribution in [0.3, 0.4) is 0 Å². The lowest BCUT2D eigenvalue weighted by Gasteiger charge is -2.13. The molecule has 0 fully saturated rings. The zero-order valence-electron chi connectivity index (χ0n) is 16.1. The van der Waals surface area contributed by atoms with E-state index in [-0.39, 0.29) is 21.9 Å². The van der Waals surface area contributed by atoms with Gasteiger partial charge in [-0.2, -0.15) is 0 Å². The molecular weight excluding hydrogens is 496 g/mol. The van der Waals surface area contributed by atoms with E-state index in [4.69, 9.17) is 55.6 Å². The van der Waals surface area contributed by atoms with Crippen LogP contribution in [0, 0.1) is 0 Å². The predicted octanol–water partition coefficient (Wildman–Crippen LogP) is 7.09. The Morgan fingerprint density at radius 1 is 0.938 bits per heavy atom. The van der Waals surface area contributed by atoms with E-state index >= 15 is 0 Å². The Morgan fingerprint density at radius 2 is 1.66 bits per heavy atom. The van der Waals surface area contributed by atoms with Crippen molar-refractivity contribution in [3.63, 3.8) is 0 Å². The number of carbonyl (C=O) groups is 1. The van der Waals surface area contributed by atoms with Crippen molar-refractivity contribution >= 4 is 69.0 Å². The van der Waals surface area contributed by atoms with Crippen LogP contribution in [0.4, 0.5) is 5.69 Å². The van der Waals surface area contributed by atoms with Gasteiger partial charge in [-0.25, -0.2) is 0 Å². The summed E-state index contributed by atoms with van der Waals surface area (Å²) in [5, 5.41) is 4.20. The maximum Gasteiger partial charge on any atom is 0.262 e. The summed E-state index contributed by atoms with van der Waals surface area (Å²) in [7, 11) is 0. The molecule has 0 aliphatic carbocycles. The first kappa shape index (κ1) is 22.5. The number of benzene rings is 3. The molecule has 32 heavy (non-hydrogen) atoms. The van der Waals surface area contributed by atoms with Crippen molar-refractivity contribution in [3.8, 4) is 17.1 Å². The molecule has 162 valence electrons. The molecule has 3 aromatic carbocycles. The van der Waals surface area contributed by atoms with E-state index in [2.05, 4.69) is 5.32 Å². The highest BCUT2D eigenvalue weighted by atomic mass is 35.5. The average Bonchev–Trinajstić information content (AvgIpc) is 2.77. The van der Waals surface area contributed by atoms with Gasteiger partial charge in [0, 0.05) is 15.6 Å². The van der Waals surface area contributed by atoms with Crippen LogP contribution < -0.4 is 15.5 Å². The van der Waals surface area contributed by atoms with Gasteiger partial charge in [-0.05, 0) is 54.6 Å². The lowest BCUT2D eigenvalue weighted by atomic mass is 10.1. The van der Waals surface area contributed by atoms with Gasteiger partial charge in [0.25, 0.3) is 5.91 Å². The first-order chi connectivity index (χ1) is 15.3. The molecule has 1 amide bonds. The molecule has 1 N–H and O–H groups in total. The Morgan fingerprint density at radius 3 is 2.41 bits per heavy atom. The van der Waals surface area contributed by atoms with E-state index < -0.39 is 17.9 Å². The zero-order valence-corrected chi connectivity index (χ0v) is 19.1. The van der Waals surface area contributed by atoms with E-state index in [9.17, 15) is 9.59 Å². The Balaban J connectivity index is 1.70. The lowest BCUT2D eigenvalue weighted by molar-refractivity contribution is -0.118. The number of halogens is 4. The first-order valence-electron chi connectivity index (χ1n) is 9.22. The molecular formula is C23H13Cl4NO4. The van der Waals surface area contributed by atoms with E-state index in [1.54, 1.807) is 54.6 Å². The van der Waals surface area contributed by atoms with E-state index in [1.807, 2.05) is 0 Å². The molecule has 9 heteroatoms. The van der Waals surface area contributed by atoms with Gasteiger partial charge in [0.05, 0.1) is 21.1 Å². The molecule has 0 spiro atoms. The Kier molecular flexibility index (Phi) is 6.63. The third-order valence-corrected chi connectivity index (χ3v) is 5.80. The normalized spacial score (nSPS) is 10.9. The zero-order chi connectivity index (χ0) is 22.8. The maximum absolute atomic E-state index is 13.2. The van der Waals surface area contributed by atoms with Gasteiger partial charge in [-0.3, -0.25) is 9.59 Å². The van der Waals surface area contributed by atoms with Crippen LogP contribution in [0.1, 0.15) is 0 Å². The molecule has 0 saturated carbocycles. The fourth-order valence-corrected chi connectivity index (χ4v) is 3.64. The average molecular weight is 509 g/mol. The third-order valence-electron chi connectivity index (χ3n) is 4.49. The molecule has 0 saturated heterocycles. The van der Waals surface area contributed by atoms with Crippen LogP contribution in [0.2, 0.25) is 20.1 Å².